The maximum Gasteiger partial charge on any atom is 0.517 e. The van der Waals surface area contributed by atoms with E-state index in [2.05, 4.69) is 4.90 Å². The highest BCUT2D eigenvalue weighted by molar-refractivity contribution is 5.65. The Morgan fingerprint density at radius 2 is 2.00 bits per heavy atom. The summed E-state index contributed by atoms with van der Waals surface area (Å²) >= 11 is 0. The first-order valence-electron chi connectivity index (χ1n) is 4.45. The second-order valence-electron chi connectivity index (χ2n) is 3.80. The molecule has 4 nitrogen and oxygen atoms in total. The van der Waals surface area contributed by atoms with Gasteiger partial charge in [-0.05, 0) is 18.8 Å². The average molecular weight is 169 g/mol. The van der Waals surface area contributed by atoms with Gasteiger partial charge in [-0.25, -0.2) is 9.69 Å². The summed E-state index contributed by atoms with van der Waals surface area (Å²) in [6.45, 7) is 2.02. The number of nitrogens with zero attached hydrogens (tertiary/aromatic N) is 1. The second-order valence-corrected chi connectivity index (χ2v) is 3.80. The van der Waals surface area contributed by atoms with Crippen molar-refractivity contribution in [1.29, 1.82) is 0 Å². The first-order valence-corrected chi connectivity index (χ1v) is 4.45. The predicted octanol–water partition coefficient (Wildman–Crippen LogP) is 0.923. The monoisotopic (exact) mass is 169 g/mol. The van der Waals surface area contributed by atoms with Crippen molar-refractivity contribution in [3.8, 4) is 0 Å². The van der Waals surface area contributed by atoms with Gasteiger partial charge < -0.3 is 9.47 Å². The van der Waals surface area contributed by atoms with Crippen LogP contribution in [0.5, 0.6) is 0 Å². The Morgan fingerprint density at radius 1 is 1.33 bits per heavy atom. The Morgan fingerprint density at radius 3 is 2.42 bits per heavy atom. The molecule has 4 heterocycles. The number of carbonyl (C=O) groups is 1. The van der Waals surface area contributed by atoms with Gasteiger partial charge in [-0.3, -0.25) is 0 Å². The van der Waals surface area contributed by atoms with Crippen LogP contribution in [0.3, 0.4) is 0 Å². The molecule has 4 rings (SSSR count). The number of fused-ring (bicyclic) bond motifs is 2. The number of hydrogen-bond donors (Lipinski definition) is 0. The van der Waals surface area contributed by atoms with Crippen LogP contribution in [-0.4, -0.2) is 30.1 Å². The molecule has 0 atom stereocenters. The number of ether oxygens (including phenoxy) is 2. The minimum atomic E-state index is -0.627. The normalized spacial score (nSPS) is 41.8. The summed E-state index contributed by atoms with van der Waals surface area (Å²) in [5.41, 5.74) is 0. The van der Waals surface area contributed by atoms with Crippen molar-refractivity contribution in [2.45, 2.75) is 25.2 Å². The fourth-order valence-electron chi connectivity index (χ4n) is 2.45. The largest absolute Gasteiger partial charge is 0.517 e. The van der Waals surface area contributed by atoms with Crippen molar-refractivity contribution in [3.63, 3.8) is 0 Å². The summed E-state index contributed by atoms with van der Waals surface area (Å²) in [6, 6.07) is 0. The van der Waals surface area contributed by atoms with Crippen LogP contribution in [0.1, 0.15) is 19.3 Å². The Hall–Kier alpha value is -0.770. The highest BCUT2D eigenvalue weighted by Gasteiger charge is 2.58. The van der Waals surface area contributed by atoms with Crippen molar-refractivity contribution in [2.24, 2.45) is 5.92 Å². The van der Waals surface area contributed by atoms with Crippen LogP contribution in [0, 0.1) is 5.92 Å². The Kier molecular flexibility index (Phi) is 1.08. The SMILES string of the molecule is O=C1OC2(CC3CCN2CC3)O1. The second kappa shape index (κ2) is 1.93. The molecular weight excluding hydrogens is 158 g/mol. The Bertz CT molecular complexity index is 224. The summed E-state index contributed by atoms with van der Waals surface area (Å²) in [5, 5.41) is 0. The van der Waals surface area contributed by atoms with Gasteiger partial charge in [0, 0.05) is 19.5 Å². The lowest BCUT2D eigenvalue weighted by atomic mass is 9.85. The number of rotatable bonds is 0. The molecular formula is C8H11NO3. The Balaban J connectivity index is 1.84. The molecule has 0 amide bonds. The van der Waals surface area contributed by atoms with E-state index in [-0.39, 0.29) is 0 Å². The molecule has 4 aliphatic rings. The topological polar surface area (TPSA) is 38.8 Å². The first kappa shape index (κ1) is 6.71. The van der Waals surface area contributed by atoms with Crippen LogP contribution >= 0.6 is 0 Å². The zero-order valence-electron chi connectivity index (χ0n) is 6.78. The van der Waals surface area contributed by atoms with E-state index in [4.69, 9.17) is 9.47 Å². The lowest BCUT2D eigenvalue weighted by Crippen LogP contribution is -2.68. The molecule has 0 aliphatic carbocycles. The summed E-state index contributed by atoms with van der Waals surface area (Å²) in [6.07, 6.45) is 2.81. The van der Waals surface area contributed by atoms with Crippen molar-refractivity contribution >= 4 is 6.16 Å². The molecule has 4 heteroatoms. The molecule has 4 fully saturated rings. The van der Waals surface area contributed by atoms with E-state index in [0.717, 1.165) is 19.5 Å². The van der Waals surface area contributed by atoms with Crippen LogP contribution in [-0.2, 0) is 9.47 Å². The van der Waals surface area contributed by atoms with Gasteiger partial charge in [-0.2, -0.15) is 0 Å². The third-order valence-corrected chi connectivity index (χ3v) is 3.13. The number of carbonyl (C=O) groups excluding carboxylic acids is 1. The molecule has 1 spiro atoms. The van der Waals surface area contributed by atoms with E-state index in [1.165, 1.54) is 12.8 Å². The van der Waals surface area contributed by atoms with Gasteiger partial charge in [0.15, 0.2) is 0 Å². The molecule has 0 radical (unpaired) electrons. The molecule has 0 aromatic rings. The lowest BCUT2D eigenvalue weighted by Gasteiger charge is -2.54. The fraction of sp³-hybridized carbons (Fsp3) is 0.875. The molecule has 12 heavy (non-hydrogen) atoms. The molecule has 0 unspecified atom stereocenters. The van der Waals surface area contributed by atoms with E-state index in [9.17, 15) is 4.79 Å². The van der Waals surface area contributed by atoms with Crippen LogP contribution in [0.4, 0.5) is 4.79 Å². The molecule has 0 saturated carbocycles. The molecule has 4 aliphatic heterocycles. The third kappa shape index (κ3) is 0.684. The van der Waals surface area contributed by atoms with E-state index < -0.39 is 12.1 Å². The van der Waals surface area contributed by atoms with Gasteiger partial charge in [0.05, 0.1) is 0 Å². The Labute approximate surface area is 70.4 Å². The molecule has 2 bridgehead atoms. The smallest absolute Gasteiger partial charge is 0.376 e. The zero-order valence-corrected chi connectivity index (χ0v) is 6.78. The highest BCUT2D eigenvalue weighted by atomic mass is 16.9. The van der Waals surface area contributed by atoms with Gasteiger partial charge in [0.2, 0.25) is 0 Å². The standard InChI is InChI=1S/C8H11NO3/c10-7-11-8(12-7)5-6-1-3-9(8)4-2-6/h6H,1-5H2. The van der Waals surface area contributed by atoms with E-state index >= 15 is 0 Å². The minimum absolute atomic E-state index is 0.512. The summed E-state index contributed by atoms with van der Waals surface area (Å²) in [5.74, 6) is 0.0706. The van der Waals surface area contributed by atoms with Crippen molar-refractivity contribution in [3.05, 3.63) is 0 Å². The van der Waals surface area contributed by atoms with Crippen LogP contribution in [0.2, 0.25) is 0 Å². The first-order chi connectivity index (χ1) is 5.78. The van der Waals surface area contributed by atoms with Gasteiger partial charge in [-0.1, -0.05) is 0 Å². The van der Waals surface area contributed by atoms with Crippen LogP contribution in [0.25, 0.3) is 0 Å². The maximum absolute atomic E-state index is 10.6. The highest BCUT2D eigenvalue weighted by Crippen LogP contribution is 2.44. The summed E-state index contributed by atoms with van der Waals surface area (Å²) < 4.78 is 10.1. The van der Waals surface area contributed by atoms with Crippen LogP contribution < -0.4 is 0 Å². The molecule has 66 valence electrons. The number of hydrogen-bond acceptors (Lipinski definition) is 4. The van der Waals surface area contributed by atoms with E-state index in [1.54, 1.807) is 0 Å². The van der Waals surface area contributed by atoms with Crippen molar-refractivity contribution in [1.82, 2.24) is 4.90 Å². The zero-order chi connectivity index (χ0) is 8.18. The van der Waals surface area contributed by atoms with Gasteiger partial charge in [-0.15, -0.1) is 0 Å². The van der Waals surface area contributed by atoms with E-state index in [0.29, 0.717) is 5.92 Å². The lowest BCUT2D eigenvalue weighted by molar-refractivity contribution is -0.373. The predicted molar refractivity (Wildman–Crippen MR) is 39.2 cm³/mol. The summed E-state index contributed by atoms with van der Waals surface area (Å²) in [7, 11) is 0. The minimum Gasteiger partial charge on any atom is -0.376 e. The van der Waals surface area contributed by atoms with Crippen molar-refractivity contribution < 1.29 is 14.3 Å². The van der Waals surface area contributed by atoms with Gasteiger partial charge in [0.25, 0.3) is 0 Å². The molecule has 0 aromatic carbocycles. The molecule has 0 aromatic heterocycles. The quantitative estimate of drug-likeness (QED) is 0.505. The van der Waals surface area contributed by atoms with Crippen molar-refractivity contribution in [2.75, 3.05) is 13.1 Å². The maximum atomic E-state index is 10.6. The molecule has 0 N–H and O–H groups in total. The van der Waals surface area contributed by atoms with Crippen LogP contribution in [0.15, 0.2) is 0 Å². The van der Waals surface area contributed by atoms with E-state index in [1.807, 2.05) is 0 Å². The molecule has 4 saturated heterocycles. The average Bonchev–Trinajstić information content (AvgIpc) is 2.04. The fourth-order valence-corrected chi connectivity index (χ4v) is 2.45. The third-order valence-electron chi connectivity index (χ3n) is 3.13. The van der Waals surface area contributed by atoms with Gasteiger partial charge in [0.1, 0.15) is 0 Å². The number of piperidine rings is 3. The van der Waals surface area contributed by atoms with Gasteiger partial charge >= 0.3 is 12.1 Å². The summed E-state index contributed by atoms with van der Waals surface area (Å²) in [4.78, 5) is 12.7.